The Labute approximate surface area is 137 Å². The number of benzene rings is 5. The third kappa shape index (κ3) is 1.44. The number of hydrogen-bond donors (Lipinski definition) is 0. The van der Waals surface area contributed by atoms with Crippen molar-refractivity contribution in [2.45, 2.75) is 0 Å². The van der Waals surface area contributed by atoms with Crippen LogP contribution in [-0.4, -0.2) is 0 Å². The lowest BCUT2D eigenvalue weighted by Gasteiger charge is -2.16. The van der Waals surface area contributed by atoms with Crippen LogP contribution in [0, 0.1) is 0 Å². The molecular formula is C20H10Cl2. The van der Waals surface area contributed by atoms with Crippen molar-refractivity contribution in [1.82, 2.24) is 0 Å². The molecule has 0 aliphatic heterocycles. The van der Waals surface area contributed by atoms with Gasteiger partial charge in [-0.3, -0.25) is 0 Å². The zero-order valence-corrected chi connectivity index (χ0v) is 13.0. The third-order valence-corrected chi connectivity index (χ3v) is 5.31. The summed E-state index contributed by atoms with van der Waals surface area (Å²) in [6.45, 7) is 0. The van der Waals surface area contributed by atoms with Crippen LogP contribution < -0.4 is 0 Å². The molecule has 0 aliphatic rings. The molecule has 0 aliphatic carbocycles. The van der Waals surface area contributed by atoms with Crippen molar-refractivity contribution >= 4 is 66.3 Å². The Bertz CT molecular complexity index is 1190. The first-order valence-corrected chi connectivity index (χ1v) is 7.94. The molecule has 5 rings (SSSR count). The first kappa shape index (κ1) is 12.5. The second-order valence-electron chi connectivity index (χ2n) is 5.66. The highest BCUT2D eigenvalue weighted by atomic mass is 35.5. The SMILES string of the molecule is Clc1cc2ccc3cccc4c5ccccc5c(c1Cl)c2c34. The minimum atomic E-state index is 0.609. The molecule has 0 saturated heterocycles. The standard InChI is InChI=1S/C20H10Cl2/c21-16-10-12-9-8-11-4-3-7-14-13-5-1-2-6-15(13)19(20(16)22)18(12)17(11)14/h1-10H. The number of rotatable bonds is 0. The average Bonchev–Trinajstić information content (AvgIpc) is 2.56. The van der Waals surface area contributed by atoms with Crippen molar-refractivity contribution in [2.24, 2.45) is 0 Å². The molecule has 0 aromatic heterocycles. The van der Waals surface area contributed by atoms with Gasteiger partial charge in [0.05, 0.1) is 10.0 Å². The van der Waals surface area contributed by atoms with Crippen molar-refractivity contribution in [3.63, 3.8) is 0 Å². The summed E-state index contributed by atoms with van der Waals surface area (Å²) in [5, 5.41) is 10.8. The van der Waals surface area contributed by atoms with Crippen LogP contribution in [0.25, 0.3) is 43.1 Å². The van der Waals surface area contributed by atoms with Crippen LogP contribution in [0.15, 0.2) is 60.7 Å². The van der Waals surface area contributed by atoms with Gasteiger partial charge in [-0.1, -0.05) is 77.8 Å². The van der Waals surface area contributed by atoms with Crippen LogP contribution in [0.5, 0.6) is 0 Å². The molecule has 5 aromatic rings. The Hall–Kier alpha value is -2.02. The summed E-state index contributed by atoms with van der Waals surface area (Å²) in [6.07, 6.45) is 0. The maximum absolute atomic E-state index is 6.60. The van der Waals surface area contributed by atoms with Gasteiger partial charge in [0.2, 0.25) is 0 Å². The quantitative estimate of drug-likeness (QED) is 0.212. The monoisotopic (exact) mass is 320 g/mol. The molecule has 5 aromatic carbocycles. The van der Waals surface area contributed by atoms with E-state index >= 15 is 0 Å². The molecular weight excluding hydrogens is 311 g/mol. The maximum atomic E-state index is 6.60. The van der Waals surface area contributed by atoms with Gasteiger partial charge in [-0.15, -0.1) is 0 Å². The molecule has 0 fully saturated rings. The second kappa shape index (κ2) is 4.25. The van der Waals surface area contributed by atoms with E-state index in [-0.39, 0.29) is 0 Å². The molecule has 0 heterocycles. The smallest absolute Gasteiger partial charge is 0.0677 e. The van der Waals surface area contributed by atoms with Gasteiger partial charge >= 0.3 is 0 Å². The Morgan fingerprint density at radius 2 is 1.23 bits per heavy atom. The maximum Gasteiger partial charge on any atom is 0.0677 e. The minimum Gasteiger partial charge on any atom is -0.0827 e. The van der Waals surface area contributed by atoms with E-state index in [1.54, 1.807) is 0 Å². The van der Waals surface area contributed by atoms with Gasteiger partial charge in [-0.2, -0.15) is 0 Å². The van der Waals surface area contributed by atoms with Gasteiger partial charge in [-0.25, -0.2) is 0 Å². The van der Waals surface area contributed by atoms with Crippen molar-refractivity contribution in [1.29, 1.82) is 0 Å². The average molecular weight is 321 g/mol. The van der Waals surface area contributed by atoms with E-state index in [0.717, 1.165) is 16.2 Å². The molecule has 0 radical (unpaired) electrons. The molecule has 0 amide bonds. The molecule has 0 unspecified atom stereocenters. The summed E-state index contributed by atoms with van der Waals surface area (Å²) in [5.74, 6) is 0. The first-order chi connectivity index (χ1) is 10.8. The van der Waals surface area contributed by atoms with E-state index in [2.05, 4.69) is 54.6 Å². The Morgan fingerprint density at radius 1 is 0.545 bits per heavy atom. The first-order valence-electron chi connectivity index (χ1n) is 7.19. The van der Waals surface area contributed by atoms with Crippen LogP contribution >= 0.6 is 23.2 Å². The Balaban J connectivity index is 2.32. The van der Waals surface area contributed by atoms with E-state index in [1.165, 1.54) is 26.9 Å². The Morgan fingerprint density at radius 3 is 2.09 bits per heavy atom. The predicted molar refractivity (Wildman–Crippen MR) is 97.7 cm³/mol. The van der Waals surface area contributed by atoms with Gasteiger partial charge < -0.3 is 0 Å². The van der Waals surface area contributed by atoms with E-state index in [9.17, 15) is 0 Å². The summed E-state index contributed by atoms with van der Waals surface area (Å²) >= 11 is 13.0. The zero-order valence-electron chi connectivity index (χ0n) is 11.5. The van der Waals surface area contributed by atoms with Crippen LogP contribution in [0.1, 0.15) is 0 Å². The fourth-order valence-corrected chi connectivity index (χ4v) is 4.09. The molecule has 0 bridgehead atoms. The fourth-order valence-electron chi connectivity index (χ4n) is 3.63. The van der Waals surface area contributed by atoms with Gasteiger partial charge in [-0.05, 0) is 43.8 Å². The zero-order chi connectivity index (χ0) is 14.8. The van der Waals surface area contributed by atoms with Crippen LogP contribution in [0.2, 0.25) is 10.0 Å². The van der Waals surface area contributed by atoms with E-state index < -0.39 is 0 Å². The highest BCUT2D eigenvalue weighted by molar-refractivity contribution is 6.50. The molecule has 0 saturated carbocycles. The lowest BCUT2D eigenvalue weighted by Crippen LogP contribution is -1.88. The molecule has 0 nitrogen and oxygen atoms in total. The van der Waals surface area contributed by atoms with Crippen molar-refractivity contribution in [3.8, 4) is 0 Å². The lowest BCUT2D eigenvalue weighted by atomic mass is 9.89. The Kier molecular flexibility index (Phi) is 2.42. The molecule has 22 heavy (non-hydrogen) atoms. The number of hydrogen-bond acceptors (Lipinski definition) is 0. The van der Waals surface area contributed by atoms with E-state index in [4.69, 9.17) is 23.2 Å². The topological polar surface area (TPSA) is 0 Å². The summed E-state index contributed by atoms with van der Waals surface area (Å²) in [6, 6.07) is 21.1. The van der Waals surface area contributed by atoms with Gasteiger partial charge in [0.25, 0.3) is 0 Å². The summed E-state index contributed by atoms with van der Waals surface area (Å²) in [4.78, 5) is 0. The van der Waals surface area contributed by atoms with Crippen LogP contribution in [-0.2, 0) is 0 Å². The number of fused-ring (bicyclic) bond motifs is 3. The largest absolute Gasteiger partial charge is 0.0827 e. The van der Waals surface area contributed by atoms with Crippen molar-refractivity contribution in [3.05, 3.63) is 70.7 Å². The highest BCUT2D eigenvalue weighted by Crippen LogP contribution is 2.45. The summed E-state index contributed by atoms with van der Waals surface area (Å²) in [7, 11) is 0. The second-order valence-corrected chi connectivity index (χ2v) is 6.45. The molecule has 0 spiro atoms. The molecule has 2 heteroatoms. The summed E-state index contributed by atoms with van der Waals surface area (Å²) < 4.78 is 0. The van der Waals surface area contributed by atoms with Crippen molar-refractivity contribution < 1.29 is 0 Å². The van der Waals surface area contributed by atoms with Crippen LogP contribution in [0.3, 0.4) is 0 Å². The molecule has 0 N–H and O–H groups in total. The highest BCUT2D eigenvalue weighted by Gasteiger charge is 2.16. The normalized spacial score (nSPS) is 12.1. The van der Waals surface area contributed by atoms with Gasteiger partial charge in [0.15, 0.2) is 0 Å². The van der Waals surface area contributed by atoms with E-state index in [0.29, 0.717) is 10.0 Å². The minimum absolute atomic E-state index is 0.609. The fraction of sp³-hybridized carbons (Fsp3) is 0. The third-order valence-electron chi connectivity index (χ3n) is 4.53. The van der Waals surface area contributed by atoms with Crippen LogP contribution in [0.4, 0.5) is 0 Å². The number of halogens is 2. The van der Waals surface area contributed by atoms with E-state index in [1.807, 2.05) is 6.07 Å². The molecule has 0 atom stereocenters. The van der Waals surface area contributed by atoms with Gasteiger partial charge in [0, 0.05) is 5.39 Å². The summed E-state index contributed by atoms with van der Waals surface area (Å²) in [5.41, 5.74) is 0. The molecule has 104 valence electrons. The lowest BCUT2D eigenvalue weighted by molar-refractivity contribution is 1.78. The van der Waals surface area contributed by atoms with Crippen molar-refractivity contribution in [2.75, 3.05) is 0 Å². The van der Waals surface area contributed by atoms with Gasteiger partial charge in [0.1, 0.15) is 0 Å². The predicted octanol–water partition coefficient (Wildman–Crippen LogP) is 7.04.